The molecule has 0 aromatic heterocycles. The summed E-state index contributed by atoms with van der Waals surface area (Å²) in [4.78, 5) is 6.59. The average molecular weight is 480 g/mol. The molecular weight excluding hydrogens is 450 g/mol. The number of hydrogen-bond donors (Lipinski definition) is 3. The van der Waals surface area contributed by atoms with E-state index in [0.29, 0.717) is 44.4 Å². The van der Waals surface area contributed by atoms with Crippen molar-refractivity contribution in [2.75, 3.05) is 45.9 Å². The van der Waals surface area contributed by atoms with Gasteiger partial charge in [0.05, 0.1) is 25.4 Å². The Morgan fingerprint density at radius 1 is 1.31 bits per heavy atom. The molecule has 26 heavy (non-hydrogen) atoms. The fourth-order valence-electron chi connectivity index (χ4n) is 2.70. The number of halogens is 2. The summed E-state index contributed by atoms with van der Waals surface area (Å²) in [6.45, 7) is 8.69. The van der Waals surface area contributed by atoms with Gasteiger partial charge in [-0.1, -0.05) is 18.2 Å². The number of β-amino-alcohol motifs (C(OH)–C–C–N with tert-alkyl or cyclic N) is 1. The average Bonchev–Trinajstić information content (AvgIpc) is 2.59. The molecule has 148 valence electrons. The Balaban J connectivity index is 0.00000338. The lowest BCUT2D eigenvalue weighted by molar-refractivity contribution is -0.0201. The monoisotopic (exact) mass is 480 g/mol. The number of hydrogen-bond acceptors (Lipinski definition) is 4. The Hall–Kier alpha value is -0.970. The van der Waals surface area contributed by atoms with Gasteiger partial charge in [0.1, 0.15) is 5.82 Å². The molecule has 0 saturated carbocycles. The van der Waals surface area contributed by atoms with Gasteiger partial charge in [0, 0.05) is 38.3 Å². The summed E-state index contributed by atoms with van der Waals surface area (Å²) >= 11 is 0. The summed E-state index contributed by atoms with van der Waals surface area (Å²) in [5.41, 5.74) is -0.356. The normalized spacial score (nSPS) is 17.9. The number of rotatable bonds is 7. The number of ether oxygens (including phenoxy) is 1. The lowest BCUT2D eigenvalue weighted by Crippen LogP contribution is -2.52. The molecule has 0 aliphatic carbocycles. The van der Waals surface area contributed by atoms with Crippen LogP contribution in [-0.4, -0.2) is 67.5 Å². The predicted octanol–water partition coefficient (Wildman–Crippen LogP) is 1.58. The van der Waals surface area contributed by atoms with E-state index in [1.807, 2.05) is 6.92 Å². The molecule has 1 aliphatic heterocycles. The number of nitrogens with zero attached hydrogens (tertiary/aromatic N) is 2. The number of aliphatic hydroxyl groups is 1. The molecular formula is C18H30FIN4O2. The largest absolute Gasteiger partial charge is 0.387 e. The quantitative estimate of drug-likeness (QED) is 0.314. The van der Waals surface area contributed by atoms with Crippen LogP contribution in [0.15, 0.2) is 29.3 Å². The van der Waals surface area contributed by atoms with Crippen molar-refractivity contribution in [3.05, 3.63) is 35.6 Å². The third-order valence-corrected chi connectivity index (χ3v) is 4.01. The summed E-state index contributed by atoms with van der Waals surface area (Å²) in [7, 11) is 0. The molecule has 0 spiro atoms. The molecule has 1 aliphatic rings. The van der Waals surface area contributed by atoms with E-state index >= 15 is 0 Å². The molecule has 1 saturated heterocycles. The van der Waals surface area contributed by atoms with Crippen molar-refractivity contribution in [3.63, 3.8) is 0 Å². The molecule has 1 aromatic rings. The Bertz CT molecular complexity index is 566. The Morgan fingerprint density at radius 2 is 2.00 bits per heavy atom. The van der Waals surface area contributed by atoms with Gasteiger partial charge in [-0.05, 0) is 19.9 Å². The third kappa shape index (κ3) is 8.15. The zero-order valence-electron chi connectivity index (χ0n) is 15.5. The lowest BCUT2D eigenvalue weighted by Gasteiger charge is -2.34. The van der Waals surface area contributed by atoms with E-state index in [2.05, 4.69) is 20.5 Å². The van der Waals surface area contributed by atoms with Crippen molar-refractivity contribution in [1.29, 1.82) is 0 Å². The summed E-state index contributed by atoms with van der Waals surface area (Å²) in [5, 5.41) is 16.9. The van der Waals surface area contributed by atoms with Crippen molar-refractivity contribution >= 4 is 29.9 Å². The second kappa shape index (κ2) is 11.7. The van der Waals surface area contributed by atoms with Gasteiger partial charge < -0.3 is 20.5 Å². The third-order valence-electron chi connectivity index (χ3n) is 4.01. The highest BCUT2D eigenvalue weighted by Gasteiger charge is 2.25. The maximum atomic E-state index is 13.7. The molecule has 8 heteroatoms. The van der Waals surface area contributed by atoms with Crippen LogP contribution in [0.4, 0.5) is 4.39 Å². The van der Waals surface area contributed by atoms with Gasteiger partial charge in [-0.3, -0.25) is 4.90 Å². The van der Waals surface area contributed by atoms with E-state index in [0.717, 1.165) is 13.1 Å². The summed E-state index contributed by atoms with van der Waals surface area (Å²) in [6, 6.07) is 6.60. The minimum absolute atomic E-state index is 0. The standard InChI is InChI=1S/C18H29FN4O2.HI/c1-3-20-17(21-12-15-6-4-5-7-16(15)19)22-13-18(2,24)14-23-8-10-25-11-9-23;/h4-7,24H,3,8-14H2,1-2H3,(H2,20,21,22);1H. The molecule has 0 radical (unpaired) electrons. The molecule has 0 amide bonds. The zero-order valence-corrected chi connectivity index (χ0v) is 17.8. The summed E-state index contributed by atoms with van der Waals surface area (Å²) < 4.78 is 19.0. The van der Waals surface area contributed by atoms with Crippen LogP contribution >= 0.6 is 24.0 Å². The molecule has 1 unspecified atom stereocenters. The van der Waals surface area contributed by atoms with E-state index in [-0.39, 0.29) is 36.3 Å². The fourth-order valence-corrected chi connectivity index (χ4v) is 2.70. The van der Waals surface area contributed by atoms with Crippen LogP contribution < -0.4 is 10.6 Å². The first-order valence-corrected chi connectivity index (χ1v) is 8.78. The van der Waals surface area contributed by atoms with Gasteiger partial charge in [-0.2, -0.15) is 0 Å². The van der Waals surface area contributed by atoms with Crippen LogP contribution in [0.2, 0.25) is 0 Å². The topological polar surface area (TPSA) is 69.1 Å². The molecule has 6 nitrogen and oxygen atoms in total. The van der Waals surface area contributed by atoms with Gasteiger partial charge in [0.25, 0.3) is 0 Å². The van der Waals surface area contributed by atoms with Gasteiger partial charge in [-0.25, -0.2) is 9.38 Å². The predicted molar refractivity (Wildman–Crippen MR) is 113 cm³/mol. The van der Waals surface area contributed by atoms with Gasteiger partial charge in [-0.15, -0.1) is 24.0 Å². The maximum absolute atomic E-state index is 13.7. The van der Waals surface area contributed by atoms with Crippen LogP contribution in [0.5, 0.6) is 0 Å². The van der Waals surface area contributed by atoms with Crippen molar-refractivity contribution < 1.29 is 14.2 Å². The lowest BCUT2D eigenvalue weighted by atomic mass is 10.1. The van der Waals surface area contributed by atoms with Crippen LogP contribution in [0.25, 0.3) is 0 Å². The van der Waals surface area contributed by atoms with Crippen LogP contribution in [-0.2, 0) is 11.3 Å². The number of morpholine rings is 1. The van der Waals surface area contributed by atoms with Crippen LogP contribution in [0.3, 0.4) is 0 Å². The Labute approximate surface area is 172 Å². The van der Waals surface area contributed by atoms with E-state index in [1.54, 1.807) is 25.1 Å². The minimum Gasteiger partial charge on any atom is -0.387 e. The number of aliphatic imine (C=N–C) groups is 1. The SMILES string of the molecule is CCNC(=NCc1ccccc1F)NCC(C)(O)CN1CCOCC1.I. The Morgan fingerprint density at radius 3 is 2.65 bits per heavy atom. The number of benzene rings is 1. The summed E-state index contributed by atoms with van der Waals surface area (Å²) in [5.74, 6) is 0.300. The maximum Gasteiger partial charge on any atom is 0.191 e. The highest BCUT2D eigenvalue weighted by Crippen LogP contribution is 2.09. The van der Waals surface area contributed by atoms with Gasteiger partial charge in [0.15, 0.2) is 5.96 Å². The van der Waals surface area contributed by atoms with Crippen molar-refractivity contribution in [1.82, 2.24) is 15.5 Å². The van der Waals surface area contributed by atoms with Gasteiger partial charge in [0.2, 0.25) is 0 Å². The second-order valence-corrected chi connectivity index (χ2v) is 6.53. The molecule has 3 N–H and O–H groups in total. The van der Waals surface area contributed by atoms with Crippen LogP contribution in [0.1, 0.15) is 19.4 Å². The van der Waals surface area contributed by atoms with Crippen molar-refractivity contribution in [2.24, 2.45) is 4.99 Å². The molecule has 0 bridgehead atoms. The first-order valence-electron chi connectivity index (χ1n) is 8.78. The highest BCUT2D eigenvalue weighted by atomic mass is 127. The Kier molecular flexibility index (Phi) is 10.4. The molecule has 1 heterocycles. The highest BCUT2D eigenvalue weighted by molar-refractivity contribution is 14.0. The first-order chi connectivity index (χ1) is 12.0. The summed E-state index contributed by atoms with van der Waals surface area (Å²) in [6.07, 6.45) is 0. The smallest absolute Gasteiger partial charge is 0.191 e. The van der Waals surface area contributed by atoms with E-state index in [1.165, 1.54) is 6.07 Å². The molecule has 1 fully saturated rings. The van der Waals surface area contributed by atoms with Gasteiger partial charge >= 0.3 is 0 Å². The van der Waals surface area contributed by atoms with E-state index < -0.39 is 5.60 Å². The molecule has 1 atom stereocenters. The van der Waals surface area contributed by atoms with Crippen molar-refractivity contribution in [2.45, 2.75) is 26.0 Å². The van der Waals surface area contributed by atoms with E-state index in [4.69, 9.17) is 4.74 Å². The van der Waals surface area contributed by atoms with E-state index in [9.17, 15) is 9.50 Å². The molecule has 1 aromatic carbocycles. The zero-order chi connectivity index (χ0) is 18.1. The van der Waals surface area contributed by atoms with Crippen LogP contribution in [0, 0.1) is 5.82 Å². The number of nitrogens with one attached hydrogen (secondary N) is 2. The first kappa shape index (κ1) is 23.1. The molecule has 2 rings (SSSR count). The minimum atomic E-state index is -0.897. The number of guanidine groups is 1. The van der Waals surface area contributed by atoms with Crippen molar-refractivity contribution in [3.8, 4) is 0 Å². The second-order valence-electron chi connectivity index (χ2n) is 6.53. The fraction of sp³-hybridized carbons (Fsp3) is 0.611.